The topological polar surface area (TPSA) is 0 Å². The third kappa shape index (κ3) is 6.44. The minimum absolute atomic E-state index is 0.250. The van der Waals surface area contributed by atoms with E-state index in [1.807, 2.05) is 18.2 Å². The molecule has 0 aromatic heterocycles. The molecule has 0 unspecified atom stereocenters. The molecule has 58 valence electrons. The Morgan fingerprint density at radius 1 is 1.18 bits per heavy atom. The van der Waals surface area contributed by atoms with Crippen LogP contribution < -0.4 is 0 Å². The molecule has 0 aliphatic carbocycles. The van der Waals surface area contributed by atoms with E-state index in [0.29, 0.717) is 0 Å². The predicted molar refractivity (Wildman–Crippen MR) is 56.7 cm³/mol. The second-order valence-electron chi connectivity index (χ2n) is 1.85. The first-order chi connectivity index (χ1) is 5.22. The van der Waals surface area contributed by atoms with Gasteiger partial charge < -0.3 is 0 Å². The Hall–Kier alpha value is 1.28. The van der Waals surface area contributed by atoms with Crippen LogP contribution in [0.5, 0.6) is 0 Å². The van der Waals surface area contributed by atoms with Crippen molar-refractivity contribution in [2.75, 3.05) is 0 Å². The quantitative estimate of drug-likeness (QED) is 0.569. The van der Waals surface area contributed by atoms with Gasteiger partial charge in [-0.1, -0.05) is 34.1 Å². The summed E-state index contributed by atoms with van der Waals surface area (Å²) < 4.78 is 1.18. The van der Waals surface area contributed by atoms with Gasteiger partial charge in [-0.15, -0.1) is 0 Å². The van der Waals surface area contributed by atoms with Gasteiger partial charge in [-0.2, -0.15) is 0 Å². The van der Waals surface area contributed by atoms with Crippen LogP contribution in [0.3, 0.4) is 0 Å². The van der Waals surface area contributed by atoms with Crippen LogP contribution in [-0.4, -0.2) is 0 Å². The van der Waals surface area contributed by atoms with E-state index in [9.17, 15) is 0 Å². The number of aryl methyl sites for hydroxylation is 1. The standard InChI is InChI=1S/C7H7Br.2BrH.Zn/c1-6-4-2-3-5-7(6)8;;;/h2-5H,1H3;2*1H;/q;;;+2/p-2. The van der Waals surface area contributed by atoms with Crippen molar-refractivity contribution >= 4 is 43.2 Å². The second-order valence-corrected chi connectivity index (χ2v) is 16.8. The molecule has 0 saturated heterocycles. The van der Waals surface area contributed by atoms with Gasteiger partial charge in [0.25, 0.3) is 0 Å². The number of hydrogen-bond acceptors (Lipinski definition) is 0. The van der Waals surface area contributed by atoms with Gasteiger partial charge >= 0.3 is 40.5 Å². The van der Waals surface area contributed by atoms with Gasteiger partial charge in [-0.3, -0.25) is 0 Å². The van der Waals surface area contributed by atoms with Crippen molar-refractivity contribution in [3.05, 3.63) is 34.3 Å². The van der Waals surface area contributed by atoms with E-state index in [-0.39, 0.29) is 13.2 Å². The van der Waals surface area contributed by atoms with Gasteiger partial charge in [0.2, 0.25) is 0 Å². The molecular weight excluding hydrogens is 389 g/mol. The van der Waals surface area contributed by atoms with E-state index in [0.717, 1.165) is 0 Å². The van der Waals surface area contributed by atoms with E-state index in [1.54, 1.807) is 0 Å². The van der Waals surface area contributed by atoms with Crippen molar-refractivity contribution in [1.82, 2.24) is 0 Å². The van der Waals surface area contributed by atoms with E-state index in [2.05, 4.69) is 56.2 Å². The molecular formula is C7H7Br3Zn. The van der Waals surface area contributed by atoms with Crippen molar-refractivity contribution in [1.29, 1.82) is 0 Å². The second kappa shape index (κ2) is 7.91. The summed E-state index contributed by atoms with van der Waals surface area (Å²) in [5.41, 5.74) is 1.28. The fourth-order valence-electron chi connectivity index (χ4n) is 0.551. The van der Waals surface area contributed by atoms with Crippen LogP contribution in [0.4, 0.5) is 0 Å². The summed E-state index contributed by atoms with van der Waals surface area (Å²) >= 11 is 9.65. The Morgan fingerprint density at radius 2 is 1.64 bits per heavy atom. The molecule has 0 heterocycles. The van der Waals surface area contributed by atoms with E-state index >= 15 is 0 Å². The molecule has 0 atom stereocenters. The monoisotopic (exact) mass is 392 g/mol. The average molecular weight is 396 g/mol. The molecule has 11 heavy (non-hydrogen) atoms. The predicted octanol–water partition coefficient (Wildman–Crippen LogP) is 4.45. The molecule has 0 amide bonds. The van der Waals surface area contributed by atoms with E-state index in [4.69, 9.17) is 0 Å². The average Bonchev–Trinajstić information content (AvgIpc) is 1.97. The molecule has 0 aliphatic heterocycles. The molecule has 0 radical (unpaired) electrons. The van der Waals surface area contributed by atoms with E-state index < -0.39 is 0 Å². The fraction of sp³-hybridized carbons (Fsp3) is 0.143. The number of rotatable bonds is 0. The minimum atomic E-state index is -0.250. The first kappa shape index (κ1) is 12.3. The van der Waals surface area contributed by atoms with Crippen LogP contribution >= 0.6 is 43.2 Å². The molecule has 0 bridgehead atoms. The summed E-state index contributed by atoms with van der Waals surface area (Å²) in [6, 6.07) is 8.15. The number of hydrogen-bond donors (Lipinski definition) is 0. The Labute approximate surface area is 96.6 Å². The van der Waals surface area contributed by atoms with Crippen LogP contribution in [0.1, 0.15) is 5.56 Å². The zero-order valence-corrected chi connectivity index (χ0v) is 13.9. The summed E-state index contributed by atoms with van der Waals surface area (Å²) in [4.78, 5) is 0. The molecule has 4 heteroatoms. The van der Waals surface area contributed by atoms with Crippen LogP contribution in [0.2, 0.25) is 0 Å². The summed E-state index contributed by atoms with van der Waals surface area (Å²) in [6.45, 7) is 2.07. The molecule has 1 rings (SSSR count). The zero-order valence-electron chi connectivity index (χ0n) is 6.15. The maximum absolute atomic E-state index is 3.40. The van der Waals surface area contributed by atoms with E-state index in [1.165, 1.54) is 10.0 Å². The van der Waals surface area contributed by atoms with Crippen molar-refractivity contribution in [3.63, 3.8) is 0 Å². The molecule has 0 N–H and O–H groups in total. The van der Waals surface area contributed by atoms with Crippen LogP contribution in [0.15, 0.2) is 28.7 Å². The molecule has 1 aromatic rings. The Bertz CT molecular complexity index is 182. The Balaban J connectivity index is 0.000000292. The van der Waals surface area contributed by atoms with Gasteiger partial charge in [-0.25, -0.2) is 0 Å². The SMILES string of the molecule is Cc1ccccc1Br.[Br][Zn][Br]. The van der Waals surface area contributed by atoms with Crippen LogP contribution in [0.25, 0.3) is 0 Å². The summed E-state index contributed by atoms with van der Waals surface area (Å²) in [6.07, 6.45) is 0. The van der Waals surface area contributed by atoms with Gasteiger partial charge in [0, 0.05) is 4.47 Å². The van der Waals surface area contributed by atoms with Crippen molar-refractivity contribution in [2.45, 2.75) is 6.92 Å². The van der Waals surface area contributed by atoms with Gasteiger partial charge in [-0.05, 0) is 18.6 Å². The normalized spacial score (nSPS) is 7.64. The molecule has 0 aliphatic rings. The Morgan fingerprint density at radius 3 is 1.91 bits per heavy atom. The first-order valence-corrected chi connectivity index (χ1v) is 17.7. The van der Waals surface area contributed by atoms with Crippen LogP contribution in [-0.2, 0) is 13.2 Å². The van der Waals surface area contributed by atoms with Crippen molar-refractivity contribution in [3.8, 4) is 0 Å². The summed E-state index contributed by atoms with van der Waals surface area (Å²) in [7, 11) is 0. The third-order valence-corrected chi connectivity index (χ3v) is 1.97. The number of benzene rings is 1. The zero-order chi connectivity index (χ0) is 8.69. The first-order valence-electron chi connectivity index (χ1n) is 3.05. The Kier molecular flexibility index (Phi) is 8.83. The summed E-state index contributed by atoms with van der Waals surface area (Å²) in [5.74, 6) is 0. The molecule has 0 saturated carbocycles. The third-order valence-electron chi connectivity index (χ3n) is 1.08. The van der Waals surface area contributed by atoms with Crippen LogP contribution in [0, 0.1) is 6.92 Å². The maximum atomic E-state index is 3.40. The molecule has 0 spiro atoms. The number of halogens is 3. The molecule has 0 nitrogen and oxygen atoms in total. The molecule has 0 fully saturated rings. The van der Waals surface area contributed by atoms with Crippen molar-refractivity contribution in [2.24, 2.45) is 0 Å². The molecule has 1 aromatic carbocycles. The van der Waals surface area contributed by atoms with Crippen molar-refractivity contribution < 1.29 is 13.2 Å². The van der Waals surface area contributed by atoms with Gasteiger partial charge in [0.1, 0.15) is 0 Å². The summed E-state index contributed by atoms with van der Waals surface area (Å²) in [5, 5.41) is 0. The van der Waals surface area contributed by atoms with Gasteiger partial charge in [0.15, 0.2) is 0 Å². The van der Waals surface area contributed by atoms with Gasteiger partial charge in [0.05, 0.1) is 0 Å². The fourth-order valence-corrected chi connectivity index (χ4v) is 0.836.